The van der Waals surface area contributed by atoms with E-state index in [-0.39, 0.29) is 5.91 Å². The molecule has 0 bridgehead atoms. The molecule has 0 radical (unpaired) electrons. The van der Waals surface area contributed by atoms with E-state index in [2.05, 4.69) is 10.2 Å². The normalized spacial score (nSPS) is 15.5. The number of methoxy groups -OCH3 is 3. The van der Waals surface area contributed by atoms with E-state index in [9.17, 15) is 4.79 Å². The Bertz CT molecular complexity index is 1060. The predicted molar refractivity (Wildman–Crippen MR) is 130 cm³/mol. The molecule has 1 aliphatic carbocycles. The lowest BCUT2D eigenvalue weighted by Gasteiger charge is -2.20. The molecule has 33 heavy (non-hydrogen) atoms. The maximum Gasteiger partial charge on any atom is 0.252 e. The highest BCUT2D eigenvalue weighted by Crippen LogP contribution is 2.35. The van der Waals surface area contributed by atoms with Crippen LogP contribution in [-0.2, 0) is 4.79 Å². The molecule has 2 N–H and O–H groups in total. The van der Waals surface area contributed by atoms with Crippen LogP contribution in [0.3, 0.4) is 0 Å². The smallest absolute Gasteiger partial charge is 0.252 e. The molecule has 0 aromatic heterocycles. The average molecular weight is 450 g/mol. The first kappa shape index (κ1) is 22.7. The van der Waals surface area contributed by atoms with Crippen molar-refractivity contribution in [3.63, 3.8) is 0 Å². The van der Waals surface area contributed by atoms with Crippen LogP contribution in [-0.4, -0.2) is 46.0 Å². The molecule has 2 aromatic rings. The zero-order chi connectivity index (χ0) is 23.4. The Morgan fingerprint density at radius 3 is 2.18 bits per heavy atom. The van der Waals surface area contributed by atoms with Crippen LogP contribution in [0.4, 0.5) is 11.4 Å². The summed E-state index contributed by atoms with van der Waals surface area (Å²) in [6.07, 6.45) is 4.53. The molecular weight excluding hydrogens is 418 g/mol. The number of nitrogens with one attached hydrogen (secondary N) is 2. The average Bonchev–Trinajstić information content (AvgIpc) is 3.55. The van der Waals surface area contributed by atoms with Crippen molar-refractivity contribution >= 4 is 23.0 Å². The molecule has 0 atom stereocenters. The predicted octanol–water partition coefficient (Wildman–Crippen LogP) is 4.80. The van der Waals surface area contributed by atoms with Crippen LogP contribution in [0.25, 0.3) is 0 Å². The van der Waals surface area contributed by atoms with Gasteiger partial charge in [0.25, 0.3) is 5.91 Å². The van der Waals surface area contributed by atoms with E-state index in [1.54, 1.807) is 39.5 Å². The van der Waals surface area contributed by atoms with E-state index >= 15 is 0 Å². The molecule has 2 aliphatic rings. The maximum absolute atomic E-state index is 13.3. The number of benzene rings is 2. The Labute approximate surface area is 194 Å². The van der Waals surface area contributed by atoms with Gasteiger partial charge in [-0.3, -0.25) is 10.2 Å². The summed E-state index contributed by atoms with van der Waals surface area (Å²) in [5, 5.41) is 11.9. The molecule has 0 spiro atoms. The van der Waals surface area contributed by atoms with E-state index in [1.165, 1.54) is 12.8 Å². The Morgan fingerprint density at radius 1 is 0.879 bits per heavy atom. The Hall–Kier alpha value is -3.48. The topological polar surface area (TPSA) is 83.9 Å². The number of allylic oxidation sites excluding steroid dienone is 1. The maximum atomic E-state index is 13.3. The quantitative estimate of drug-likeness (QED) is 0.566. The Balaban J connectivity index is 1.61. The number of carbonyl (C=O) groups excluding carboxylic acids is 1. The number of hydrogen-bond donors (Lipinski definition) is 2. The second-order valence-electron chi connectivity index (χ2n) is 8.32. The van der Waals surface area contributed by atoms with Crippen molar-refractivity contribution in [3.8, 4) is 17.2 Å². The second-order valence-corrected chi connectivity index (χ2v) is 8.32. The minimum absolute atomic E-state index is 0.181. The molecule has 0 saturated carbocycles. The van der Waals surface area contributed by atoms with Gasteiger partial charge >= 0.3 is 0 Å². The molecule has 7 nitrogen and oxygen atoms in total. The fraction of sp³-hybridized carbons (Fsp3) is 0.385. The van der Waals surface area contributed by atoms with Crippen LogP contribution in [0.1, 0.15) is 37.7 Å². The lowest BCUT2D eigenvalue weighted by Crippen LogP contribution is -2.19. The summed E-state index contributed by atoms with van der Waals surface area (Å²) in [4.78, 5) is 15.6. The molecule has 174 valence electrons. The number of ether oxygens (including phenoxy) is 3. The van der Waals surface area contributed by atoms with Gasteiger partial charge in [0, 0.05) is 36.0 Å². The van der Waals surface area contributed by atoms with Gasteiger partial charge in [0.05, 0.1) is 32.7 Å². The third-order valence-electron chi connectivity index (χ3n) is 6.34. The minimum Gasteiger partial charge on any atom is -0.497 e. The summed E-state index contributed by atoms with van der Waals surface area (Å²) in [5.41, 5.74) is 4.14. The first-order valence-corrected chi connectivity index (χ1v) is 11.3. The molecule has 1 fully saturated rings. The molecule has 1 aliphatic heterocycles. The van der Waals surface area contributed by atoms with Gasteiger partial charge < -0.3 is 24.4 Å². The molecule has 2 aromatic carbocycles. The van der Waals surface area contributed by atoms with E-state index < -0.39 is 0 Å². The number of hydrogen-bond acceptors (Lipinski definition) is 6. The van der Waals surface area contributed by atoms with Crippen molar-refractivity contribution in [2.45, 2.75) is 32.1 Å². The highest BCUT2D eigenvalue weighted by atomic mass is 16.5. The third kappa shape index (κ3) is 4.82. The summed E-state index contributed by atoms with van der Waals surface area (Å²) < 4.78 is 16.2. The lowest BCUT2D eigenvalue weighted by atomic mass is 9.98. The number of rotatable bonds is 8. The van der Waals surface area contributed by atoms with Gasteiger partial charge in [-0.05, 0) is 68.0 Å². The Morgan fingerprint density at radius 2 is 1.55 bits per heavy atom. The van der Waals surface area contributed by atoms with Crippen LogP contribution < -0.4 is 24.4 Å². The molecular formula is C26H31N3O4. The standard InChI is InChI=1S/C26H31N3O4/c1-31-19-13-17(14-20(16-19)32-2)25(27)21-7-6-8-22(21)26(30)28-23-15-18(9-10-24(23)33-3)29-11-4-5-12-29/h9-10,13-16,27H,4-8,11-12H2,1-3H3,(H,28,30). The molecule has 4 rings (SSSR count). The van der Waals surface area contributed by atoms with Gasteiger partial charge in [-0.2, -0.15) is 0 Å². The zero-order valence-corrected chi connectivity index (χ0v) is 19.5. The second kappa shape index (κ2) is 9.98. The number of carbonyl (C=O) groups is 1. The fourth-order valence-corrected chi connectivity index (χ4v) is 4.56. The summed E-state index contributed by atoms with van der Waals surface area (Å²) in [6, 6.07) is 11.3. The van der Waals surface area contributed by atoms with Crippen LogP contribution in [0.2, 0.25) is 0 Å². The zero-order valence-electron chi connectivity index (χ0n) is 19.5. The molecule has 1 saturated heterocycles. The van der Waals surface area contributed by atoms with Gasteiger partial charge in [0.2, 0.25) is 0 Å². The molecule has 1 amide bonds. The van der Waals surface area contributed by atoms with Crippen LogP contribution in [0.15, 0.2) is 47.5 Å². The van der Waals surface area contributed by atoms with Crippen molar-refractivity contribution in [1.82, 2.24) is 0 Å². The van der Waals surface area contributed by atoms with Crippen LogP contribution >= 0.6 is 0 Å². The van der Waals surface area contributed by atoms with Gasteiger partial charge in [-0.25, -0.2) is 0 Å². The molecule has 0 unspecified atom stereocenters. The van der Waals surface area contributed by atoms with E-state index in [0.717, 1.165) is 30.8 Å². The summed E-state index contributed by atoms with van der Waals surface area (Å²) in [7, 11) is 4.77. The van der Waals surface area contributed by atoms with Crippen molar-refractivity contribution in [1.29, 1.82) is 5.41 Å². The van der Waals surface area contributed by atoms with Gasteiger partial charge in [-0.15, -0.1) is 0 Å². The summed E-state index contributed by atoms with van der Waals surface area (Å²) in [6.45, 7) is 2.05. The minimum atomic E-state index is -0.181. The number of anilines is 2. The highest BCUT2D eigenvalue weighted by Gasteiger charge is 2.26. The largest absolute Gasteiger partial charge is 0.497 e. The number of amides is 1. The van der Waals surface area contributed by atoms with E-state index in [1.807, 2.05) is 18.2 Å². The summed E-state index contributed by atoms with van der Waals surface area (Å²) >= 11 is 0. The van der Waals surface area contributed by atoms with Crippen molar-refractivity contribution in [2.24, 2.45) is 0 Å². The van der Waals surface area contributed by atoms with Gasteiger partial charge in [0.1, 0.15) is 17.2 Å². The highest BCUT2D eigenvalue weighted by molar-refractivity contribution is 6.18. The van der Waals surface area contributed by atoms with E-state index in [4.69, 9.17) is 19.6 Å². The number of nitrogens with zero attached hydrogens (tertiary/aromatic N) is 1. The third-order valence-corrected chi connectivity index (χ3v) is 6.34. The molecule has 7 heteroatoms. The van der Waals surface area contributed by atoms with Crippen molar-refractivity contribution in [3.05, 3.63) is 53.1 Å². The summed E-state index contributed by atoms with van der Waals surface area (Å²) in [5.74, 6) is 1.67. The van der Waals surface area contributed by atoms with Crippen LogP contribution in [0.5, 0.6) is 17.2 Å². The first-order chi connectivity index (χ1) is 16.0. The lowest BCUT2D eigenvalue weighted by molar-refractivity contribution is -0.113. The van der Waals surface area contributed by atoms with Gasteiger partial charge in [-0.1, -0.05) is 0 Å². The monoisotopic (exact) mass is 449 g/mol. The van der Waals surface area contributed by atoms with Crippen molar-refractivity contribution < 1.29 is 19.0 Å². The van der Waals surface area contributed by atoms with Gasteiger partial charge in [0.15, 0.2) is 0 Å². The SMILES string of the molecule is COc1cc(OC)cc(C(=N)C2=C(C(=O)Nc3cc(N4CCCC4)ccc3OC)CCC2)c1. The van der Waals surface area contributed by atoms with Crippen molar-refractivity contribution in [2.75, 3.05) is 44.6 Å². The first-order valence-electron chi connectivity index (χ1n) is 11.3. The molecule has 1 heterocycles. The Kier molecular flexibility index (Phi) is 6.87. The van der Waals surface area contributed by atoms with Crippen LogP contribution in [0, 0.1) is 5.41 Å². The van der Waals surface area contributed by atoms with E-state index in [0.29, 0.717) is 52.6 Å². The fourth-order valence-electron chi connectivity index (χ4n) is 4.56.